The predicted octanol–water partition coefficient (Wildman–Crippen LogP) is 5.74. The molecular weight excluding hydrogens is 527 g/mol. The number of halogens is 1. The van der Waals surface area contributed by atoms with E-state index in [1.54, 1.807) is 54.6 Å². The molecule has 6 rings (SSSR count). The van der Waals surface area contributed by atoms with E-state index in [0.717, 1.165) is 16.3 Å². The minimum Gasteiger partial charge on any atom is -0.448 e. The van der Waals surface area contributed by atoms with Gasteiger partial charge in [0.1, 0.15) is 11.6 Å². The number of anilines is 1. The highest BCUT2D eigenvalue weighted by Crippen LogP contribution is 2.37. The monoisotopic (exact) mass is 542 g/mol. The van der Waals surface area contributed by atoms with Crippen molar-refractivity contribution >= 4 is 62.9 Å². The number of nitrogens with one attached hydrogen (secondary N) is 1. The first kappa shape index (κ1) is 23.8. The van der Waals surface area contributed by atoms with E-state index in [1.807, 2.05) is 0 Å². The van der Waals surface area contributed by atoms with Crippen LogP contribution in [-0.4, -0.2) is 28.9 Å². The number of imide groups is 1. The van der Waals surface area contributed by atoms with E-state index in [9.17, 15) is 18.8 Å². The number of carbonyl (C=O) groups excluding carboxylic acids is 3. The van der Waals surface area contributed by atoms with Gasteiger partial charge in [0.2, 0.25) is 0 Å². The zero-order chi connectivity index (χ0) is 26.2. The molecule has 0 fully saturated rings. The third-order valence-corrected chi connectivity index (χ3v) is 7.64. The number of amides is 3. The Labute approximate surface area is 222 Å². The van der Waals surface area contributed by atoms with Crippen molar-refractivity contribution in [3.05, 3.63) is 107 Å². The number of fused-ring (bicyclic) bond motifs is 2. The SMILES string of the molecule is O=C(N/N=C\c1ccc(Sc2nc3ccc(N4C(=O)c5ccccc5C4=O)cc3s2)o1)c1cccc(F)c1. The molecule has 38 heavy (non-hydrogen) atoms. The van der Waals surface area contributed by atoms with Gasteiger partial charge in [-0.2, -0.15) is 5.10 Å². The molecule has 1 aliphatic heterocycles. The molecule has 8 nitrogen and oxygen atoms in total. The van der Waals surface area contributed by atoms with Crippen LogP contribution in [0.4, 0.5) is 10.1 Å². The first-order valence-corrected chi connectivity index (χ1v) is 12.8. The van der Waals surface area contributed by atoms with Gasteiger partial charge in [0.25, 0.3) is 17.7 Å². The normalized spacial score (nSPS) is 13.0. The summed E-state index contributed by atoms with van der Waals surface area (Å²) in [4.78, 5) is 43.5. The second-order valence-electron chi connectivity index (χ2n) is 8.09. The maximum absolute atomic E-state index is 13.3. The van der Waals surface area contributed by atoms with Crippen molar-refractivity contribution < 1.29 is 23.2 Å². The zero-order valence-corrected chi connectivity index (χ0v) is 20.9. The summed E-state index contributed by atoms with van der Waals surface area (Å²) in [5.74, 6) is -1.34. The van der Waals surface area contributed by atoms with E-state index in [-0.39, 0.29) is 17.4 Å². The molecule has 0 atom stereocenters. The van der Waals surface area contributed by atoms with Crippen LogP contribution in [-0.2, 0) is 0 Å². The Balaban J connectivity index is 1.14. The molecule has 0 saturated heterocycles. The zero-order valence-electron chi connectivity index (χ0n) is 19.3. The summed E-state index contributed by atoms with van der Waals surface area (Å²) in [7, 11) is 0. The summed E-state index contributed by atoms with van der Waals surface area (Å²) in [6.45, 7) is 0. The fourth-order valence-corrected chi connectivity index (χ4v) is 5.89. The van der Waals surface area contributed by atoms with Gasteiger partial charge in [-0.3, -0.25) is 14.4 Å². The van der Waals surface area contributed by atoms with E-state index >= 15 is 0 Å². The van der Waals surface area contributed by atoms with Crippen molar-refractivity contribution in [1.82, 2.24) is 10.4 Å². The Bertz CT molecular complexity index is 1740. The molecule has 3 heterocycles. The van der Waals surface area contributed by atoms with Crippen molar-refractivity contribution in [3.63, 3.8) is 0 Å². The Morgan fingerprint density at radius 1 is 1.00 bits per heavy atom. The second-order valence-corrected chi connectivity index (χ2v) is 10.4. The number of carbonyl (C=O) groups is 3. The Hall–Kier alpha value is -4.61. The van der Waals surface area contributed by atoms with Gasteiger partial charge in [0, 0.05) is 5.56 Å². The average molecular weight is 543 g/mol. The quantitative estimate of drug-likeness (QED) is 0.167. The van der Waals surface area contributed by atoms with Crippen LogP contribution < -0.4 is 10.3 Å². The highest BCUT2D eigenvalue weighted by Gasteiger charge is 2.36. The van der Waals surface area contributed by atoms with Crippen LogP contribution in [0.1, 0.15) is 36.8 Å². The van der Waals surface area contributed by atoms with Crippen molar-refractivity contribution in [3.8, 4) is 0 Å². The largest absolute Gasteiger partial charge is 0.448 e. The maximum atomic E-state index is 13.3. The molecule has 2 aromatic heterocycles. The lowest BCUT2D eigenvalue weighted by Crippen LogP contribution is -2.29. The molecule has 0 unspecified atom stereocenters. The van der Waals surface area contributed by atoms with E-state index in [0.29, 0.717) is 32.0 Å². The van der Waals surface area contributed by atoms with E-state index in [1.165, 1.54) is 52.4 Å². The molecule has 5 aromatic rings. The number of hydrogen-bond acceptors (Lipinski definition) is 8. The molecular formula is C27H15FN4O4S2. The summed E-state index contributed by atoms with van der Waals surface area (Å²) in [6, 6.07) is 20.8. The van der Waals surface area contributed by atoms with E-state index in [4.69, 9.17) is 4.42 Å². The molecule has 0 spiro atoms. The Morgan fingerprint density at radius 2 is 1.79 bits per heavy atom. The summed E-state index contributed by atoms with van der Waals surface area (Å²) >= 11 is 2.71. The third-order valence-electron chi connectivity index (χ3n) is 5.64. The molecule has 3 aromatic carbocycles. The van der Waals surface area contributed by atoms with E-state index < -0.39 is 11.7 Å². The lowest BCUT2D eigenvalue weighted by Gasteiger charge is -2.13. The third kappa shape index (κ3) is 4.49. The van der Waals surface area contributed by atoms with Crippen LogP contribution in [0, 0.1) is 5.82 Å². The first-order chi connectivity index (χ1) is 18.5. The lowest BCUT2D eigenvalue weighted by molar-refractivity contribution is 0.0922. The number of rotatable bonds is 6. The number of furan rings is 1. The standard InChI is InChI=1S/C27H15FN4O4S2/c28-16-5-3-4-15(12-16)24(33)31-29-14-18-9-11-23(36-18)38-27-30-21-10-8-17(13-22(21)37-27)32-25(34)19-6-1-2-7-20(19)26(32)35/h1-14H,(H,31,33)/b29-14-. The molecule has 0 aliphatic carbocycles. The van der Waals surface area contributed by atoms with E-state index in [2.05, 4.69) is 15.5 Å². The highest BCUT2D eigenvalue weighted by molar-refractivity contribution is 8.01. The van der Waals surface area contributed by atoms with Gasteiger partial charge in [0.05, 0.1) is 33.2 Å². The molecule has 11 heteroatoms. The smallest absolute Gasteiger partial charge is 0.271 e. The van der Waals surface area contributed by atoms with Crippen LogP contribution in [0.25, 0.3) is 10.2 Å². The van der Waals surface area contributed by atoms with Gasteiger partial charge in [-0.1, -0.05) is 18.2 Å². The Morgan fingerprint density at radius 3 is 2.55 bits per heavy atom. The van der Waals surface area contributed by atoms with Gasteiger partial charge in [-0.25, -0.2) is 19.7 Å². The minimum absolute atomic E-state index is 0.153. The maximum Gasteiger partial charge on any atom is 0.271 e. The first-order valence-electron chi connectivity index (χ1n) is 11.2. The van der Waals surface area contributed by atoms with Gasteiger partial charge in [-0.05, 0) is 72.4 Å². The molecule has 1 aliphatic rings. The predicted molar refractivity (Wildman–Crippen MR) is 141 cm³/mol. The van der Waals surface area contributed by atoms with Crippen LogP contribution in [0.3, 0.4) is 0 Å². The highest BCUT2D eigenvalue weighted by atomic mass is 32.2. The van der Waals surface area contributed by atoms with Crippen molar-refractivity contribution in [1.29, 1.82) is 0 Å². The Kier molecular flexibility index (Phi) is 6.06. The second kappa shape index (κ2) is 9.69. The van der Waals surface area contributed by atoms with Crippen molar-refractivity contribution in [2.24, 2.45) is 5.10 Å². The minimum atomic E-state index is -0.544. The van der Waals surface area contributed by atoms with Gasteiger partial charge < -0.3 is 4.42 Å². The number of thiazole rings is 1. The fourth-order valence-electron chi connectivity index (χ4n) is 3.89. The number of nitrogens with zero attached hydrogens (tertiary/aromatic N) is 3. The van der Waals surface area contributed by atoms with Crippen LogP contribution in [0.15, 0.2) is 97.8 Å². The summed E-state index contributed by atoms with van der Waals surface area (Å²) in [6.07, 6.45) is 1.34. The lowest BCUT2D eigenvalue weighted by atomic mass is 10.1. The fraction of sp³-hybridized carbons (Fsp3) is 0. The van der Waals surface area contributed by atoms with Crippen molar-refractivity contribution in [2.45, 2.75) is 9.43 Å². The molecule has 186 valence electrons. The number of hydrogen-bond donors (Lipinski definition) is 1. The van der Waals surface area contributed by atoms with Crippen molar-refractivity contribution in [2.75, 3.05) is 4.90 Å². The summed E-state index contributed by atoms with van der Waals surface area (Å²) in [5, 5.41) is 4.41. The molecule has 1 N–H and O–H groups in total. The van der Waals surface area contributed by atoms with Gasteiger partial charge in [0.15, 0.2) is 9.43 Å². The molecule has 3 amide bonds. The van der Waals surface area contributed by atoms with Crippen LogP contribution in [0.5, 0.6) is 0 Å². The molecule has 0 saturated carbocycles. The average Bonchev–Trinajstić information content (AvgIpc) is 3.60. The number of benzene rings is 3. The topological polar surface area (TPSA) is 105 Å². The molecule has 0 radical (unpaired) electrons. The molecule has 0 bridgehead atoms. The van der Waals surface area contributed by atoms with Gasteiger partial charge in [-0.15, -0.1) is 11.3 Å². The number of aromatic nitrogens is 1. The summed E-state index contributed by atoms with van der Waals surface area (Å²) < 4.78 is 20.5. The van der Waals surface area contributed by atoms with Crippen LogP contribution in [0.2, 0.25) is 0 Å². The van der Waals surface area contributed by atoms with Gasteiger partial charge >= 0.3 is 0 Å². The van der Waals surface area contributed by atoms with Crippen LogP contribution >= 0.6 is 23.1 Å². The summed E-state index contributed by atoms with van der Waals surface area (Å²) in [5.41, 5.74) is 4.48. The number of hydrazone groups is 1.